The average molecular weight is 468 g/mol. The summed E-state index contributed by atoms with van der Waals surface area (Å²) in [5.74, 6) is 0.0110. The van der Waals surface area contributed by atoms with Crippen LogP contribution in [-0.4, -0.2) is 37.1 Å². The molecule has 1 N–H and O–H groups in total. The van der Waals surface area contributed by atoms with Gasteiger partial charge in [-0.05, 0) is 42.3 Å². The van der Waals surface area contributed by atoms with Gasteiger partial charge in [0.2, 0.25) is 0 Å². The van der Waals surface area contributed by atoms with Crippen molar-refractivity contribution in [3.8, 4) is 22.4 Å². The van der Waals surface area contributed by atoms with Gasteiger partial charge in [-0.2, -0.15) is 5.10 Å². The lowest BCUT2D eigenvalue weighted by molar-refractivity contribution is 0.0632. The van der Waals surface area contributed by atoms with Gasteiger partial charge in [-0.25, -0.2) is 4.98 Å². The molecule has 1 atom stereocenters. The highest BCUT2D eigenvalue weighted by Crippen LogP contribution is 2.33. The summed E-state index contributed by atoms with van der Waals surface area (Å²) in [5, 5.41) is 9.13. The van der Waals surface area contributed by atoms with Gasteiger partial charge in [0.25, 0.3) is 5.91 Å². The summed E-state index contributed by atoms with van der Waals surface area (Å²) < 4.78 is 2.03. The average Bonchev–Trinajstić information content (AvgIpc) is 3.48. The minimum atomic E-state index is -0.0658. The maximum Gasteiger partial charge on any atom is 0.271 e. The second-order valence-electron chi connectivity index (χ2n) is 8.60. The van der Waals surface area contributed by atoms with E-state index >= 15 is 0 Å². The van der Waals surface area contributed by atoms with Crippen LogP contribution in [0.5, 0.6) is 0 Å². The van der Waals surface area contributed by atoms with E-state index in [1.807, 2.05) is 77.3 Å². The van der Waals surface area contributed by atoms with E-state index in [4.69, 9.17) is 11.6 Å². The first kappa shape index (κ1) is 20.7. The van der Waals surface area contributed by atoms with Crippen LogP contribution in [0.25, 0.3) is 33.4 Å². The van der Waals surface area contributed by atoms with Gasteiger partial charge >= 0.3 is 0 Å². The number of benzene rings is 2. The van der Waals surface area contributed by atoms with Crippen molar-refractivity contribution in [3.05, 3.63) is 95.4 Å². The second kappa shape index (κ2) is 8.15. The van der Waals surface area contributed by atoms with Gasteiger partial charge in [-0.1, -0.05) is 54.1 Å². The molecule has 0 bridgehead atoms. The number of nitrogens with one attached hydrogen (secondary N) is 1. The number of nitrogens with zero attached hydrogens (tertiary/aromatic N) is 4. The number of carbonyl (C=O) groups is 1. The van der Waals surface area contributed by atoms with Crippen molar-refractivity contribution in [3.63, 3.8) is 0 Å². The highest BCUT2D eigenvalue weighted by molar-refractivity contribution is 6.30. The van der Waals surface area contributed by atoms with Gasteiger partial charge in [0.15, 0.2) is 5.65 Å². The van der Waals surface area contributed by atoms with E-state index in [9.17, 15) is 4.79 Å². The fraction of sp³-hybridized carbons (Fsp3) is 0.148. The highest BCUT2D eigenvalue weighted by Gasteiger charge is 2.30. The Balaban J connectivity index is 1.35. The van der Waals surface area contributed by atoms with Crippen LogP contribution in [0.1, 0.15) is 29.0 Å². The number of rotatable bonds is 4. The van der Waals surface area contributed by atoms with Gasteiger partial charge in [-0.15, -0.1) is 0 Å². The van der Waals surface area contributed by atoms with Gasteiger partial charge in [0.05, 0.1) is 11.7 Å². The molecule has 1 aliphatic rings. The number of fused-ring (bicyclic) bond motifs is 2. The van der Waals surface area contributed by atoms with Gasteiger partial charge in [0.1, 0.15) is 5.69 Å². The Kier molecular flexibility index (Phi) is 4.96. The number of halogens is 1. The number of carbonyl (C=O) groups excluding carboxylic acids is 1. The smallest absolute Gasteiger partial charge is 0.271 e. The van der Waals surface area contributed by atoms with Crippen LogP contribution in [0, 0.1) is 0 Å². The Bertz CT molecular complexity index is 1520. The number of amides is 1. The van der Waals surface area contributed by atoms with Crippen LogP contribution in [0.3, 0.4) is 0 Å². The summed E-state index contributed by atoms with van der Waals surface area (Å²) >= 11 is 6.18. The van der Waals surface area contributed by atoms with E-state index in [0.717, 1.165) is 39.9 Å². The molecule has 7 heteroatoms. The summed E-state index contributed by atoms with van der Waals surface area (Å²) in [6.45, 7) is 3.41. The number of pyridine rings is 1. The highest BCUT2D eigenvalue weighted by atomic mass is 35.5. The fourth-order valence-corrected chi connectivity index (χ4v) is 4.90. The molecule has 168 valence electrons. The molecular formula is C27H22ClN5O. The molecule has 0 saturated heterocycles. The Morgan fingerprint density at radius 1 is 0.971 bits per heavy atom. The number of aromatic amines is 1. The molecule has 0 unspecified atom stereocenters. The topological polar surface area (TPSA) is 66.8 Å². The fourth-order valence-electron chi connectivity index (χ4n) is 4.70. The van der Waals surface area contributed by atoms with Crippen LogP contribution in [0.15, 0.2) is 79.1 Å². The molecule has 6 nitrogen and oxygen atoms in total. The van der Waals surface area contributed by atoms with Crippen molar-refractivity contribution in [1.29, 1.82) is 0 Å². The monoisotopic (exact) mass is 467 g/mol. The van der Waals surface area contributed by atoms with E-state index in [-0.39, 0.29) is 11.9 Å². The minimum Gasteiger partial charge on any atom is -0.341 e. The molecule has 5 aromatic rings. The summed E-state index contributed by atoms with van der Waals surface area (Å²) in [6, 6.07) is 21.8. The lowest BCUT2D eigenvalue weighted by atomic mass is 10.0. The van der Waals surface area contributed by atoms with Crippen LogP contribution in [0.2, 0.25) is 5.02 Å². The van der Waals surface area contributed by atoms with Gasteiger partial charge in [-0.3, -0.25) is 9.89 Å². The molecule has 2 aromatic carbocycles. The van der Waals surface area contributed by atoms with Crippen molar-refractivity contribution in [1.82, 2.24) is 24.6 Å². The first-order valence-electron chi connectivity index (χ1n) is 11.2. The predicted octanol–water partition coefficient (Wildman–Crippen LogP) is 5.96. The molecule has 0 saturated carbocycles. The standard InChI is InChI=1S/C27H22ClN5O/c1-17(19-8-5-9-22(28)12-19)33-11-10-32-16-21(14-24(32)27(33)34)25-23-13-20(15-29-26(23)31-30-25)18-6-3-2-4-7-18/h2-9,12-17H,10-11H2,1H3,(H,29,30,31)/t17-/m1/s1. The Hall–Kier alpha value is -3.90. The van der Waals surface area contributed by atoms with Crippen molar-refractivity contribution in [2.24, 2.45) is 0 Å². The quantitative estimate of drug-likeness (QED) is 0.354. The number of hydrogen-bond acceptors (Lipinski definition) is 3. The molecule has 4 heterocycles. The number of H-pyrrole nitrogens is 1. The molecule has 6 rings (SSSR count). The zero-order valence-electron chi connectivity index (χ0n) is 18.6. The lowest BCUT2D eigenvalue weighted by Crippen LogP contribution is -2.41. The van der Waals surface area contributed by atoms with E-state index in [1.54, 1.807) is 0 Å². The first-order chi connectivity index (χ1) is 16.6. The second-order valence-corrected chi connectivity index (χ2v) is 9.03. The molecule has 0 radical (unpaired) electrons. The molecule has 0 spiro atoms. The predicted molar refractivity (Wildman–Crippen MR) is 134 cm³/mol. The summed E-state index contributed by atoms with van der Waals surface area (Å²) in [7, 11) is 0. The van der Waals surface area contributed by atoms with Gasteiger partial charge in [0, 0.05) is 47.0 Å². The SMILES string of the molecule is C[C@H](c1cccc(Cl)c1)N1CCn2cc(-c3[nH]nc4ncc(-c5ccccc5)cc34)cc2C1=O. The maximum atomic E-state index is 13.4. The zero-order valence-corrected chi connectivity index (χ0v) is 19.3. The zero-order chi connectivity index (χ0) is 23.2. The van der Waals surface area contributed by atoms with Crippen molar-refractivity contribution in [2.75, 3.05) is 6.54 Å². The Labute approximate surface area is 201 Å². The lowest BCUT2D eigenvalue weighted by Gasteiger charge is -2.33. The maximum absolute atomic E-state index is 13.4. The molecule has 34 heavy (non-hydrogen) atoms. The number of aromatic nitrogens is 4. The van der Waals surface area contributed by atoms with Crippen LogP contribution in [0.4, 0.5) is 0 Å². The van der Waals surface area contributed by atoms with Crippen LogP contribution >= 0.6 is 11.6 Å². The normalized spacial score (nSPS) is 14.4. The van der Waals surface area contributed by atoms with E-state index < -0.39 is 0 Å². The van der Waals surface area contributed by atoms with Crippen molar-refractivity contribution in [2.45, 2.75) is 19.5 Å². The minimum absolute atomic E-state index is 0.0110. The van der Waals surface area contributed by atoms with Crippen molar-refractivity contribution < 1.29 is 4.79 Å². The molecule has 0 fully saturated rings. The van der Waals surface area contributed by atoms with E-state index in [0.29, 0.717) is 22.9 Å². The first-order valence-corrected chi connectivity index (χ1v) is 11.6. The third-order valence-electron chi connectivity index (χ3n) is 6.56. The molecule has 3 aromatic heterocycles. The molecule has 1 aliphatic heterocycles. The summed E-state index contributed by atoms with van der Waals surface area (Å²) in [5.41, 5.74) is 6.27. The third-order valence-corrected chi connectivity index (χ3v) is 6.80. The third kappa shape index (κ3) is 3.47. The van der Waals surface area contributed by atoms with Crippen molar-refractivity contribution >= 4 is 28.5 Å². The largest absolute Gasteiger partial charge is 0.341 e. The molecule has 0 aliphatic carbocycles. The summed E-state index contributed by atoms with van der Waals surface area (Å²) in [6.07, 6.45) is 3.86. The van der Waals surface area contributed by atoms with Crippen LogP contribution < -0.4 is 0 Å². The molecular weight excluding hydrogens is 446 g/mol. The number of hydrogen-bond donors (Lipinski definition) is 1. The summed E-state index contributed by atoms with van der Waals surface area (Å²) in [4.78, 5) is 19.9. The Morgan fingerprint density at radius 2 is 1.82 bits per heavy atom. The van der Waals surface area contributed by atoms with E-state index in [1.165, 1.54) is 0 Å². The van der Waals surface area contributed by atoms with Gasteiger partial charge < -0.3 is 9.47 Å². The molecule has 1 amide bonds. The Morgan fingerprint density at radius 3 is 2.65 bits per heavy atom. The van der Waals surface area contributed by atoms with E-state index in [2.05, 4.69) is 33.4 Å². The van der Waals surface area contributed by atoms with Crippen LogP contribution in [-0.2, 0) is 6.54 Å².